The Morgan fingerprint density at radius 1 is 0.591 bits per heavy atom. The summed E-state index contributed by atoms with van der Waals surface area (Å²) in [6.07, 6.45) is 6.80. The summed E-state index contributed by atoms with van der Waals surface area (Å²) in [5.41, 5.74) is 0. The summed E-state index contributed by atoms with van der Waals surface area (Å²) in [6, 6.07) is 1.72. The monoisotopic (exact) mass is 354 g/mol. The van der Waals surface area contributed by atoms with Gasteiger partial charge in [-0.1, -0.05) is 32.1 Å². The molecule has 0 saturated carbocycles. The van der Waals surface area contributed by atoms with Crippen LogP contribution in [0.15, 0.2) is 0 Å². The SMILES string of the molecule is CO[Si](CO)(CCCCCCCC[Si](OC)(OC)OC)OC. The van der Waals surface area contributed by atoms with Crippen molar-refractivity contribution >= 4 is 17.4 Å². The highest BCUT2D eigenvalue weighted by Crippen LogP contribution is 2.20. The molecule has 0 aromatic rings. The molecule has 0 aromatic carbocycles. The Kier molecular flexibility index (Phi) is 12.7. The van der Waals surface area contributed by atoms with Crippen LogP contribution < -0.4 is 0 Å². The van der Waals surface area contributed by atoms with Gasteiger partial charge in [-0.2, -0.15) is 0 Å². The number of unbranched alkanes of at least 4 members (excludes halogenated alkanes) is 5. The molecular formula is C14H34O6Si2. The largest absolute Gasteiger partial charge is 0.500 e. The van der Waals surface area contributed by atoms with Crippen LogP contribution in [-0.2, 0) is 22.1 Å². The van der Waals surface area contributed by atoms with Crippen LogP contribution in [0.5, 0.6) is 0 Å². The summed E-state index contributed by atoms with van der Waals surface area (Å²) in [4.78, 5) is 0. The Hall–Kier alpha value is 0.194. The van der Waals surface area contributed by atoms with Crippen LogP contribution in [0.4, 0.5) is 0 Å². The molecule has 0 radical (unpaired) electrons. The van der Waals surface area contributed by atoms with Crippen molar-refractivity contribution in [2.75, 3.05) is 41.8 Å². The first-order chi connectivity index (χ1) is 10.6. The maximum absolute atomic E-state index is 9.38. The minimum atomic E-state index is -2.39. The first-order valence-electron chi connectivity index (χ1n) is 7.94. The van der Waals surface area contributed by atoms with Crippen LogP contribution in [-0.4, -0.2) is 64.3 Å². The molecule has 0 rings (SSSR count). The molecule has 0 unspecified atom stereocenters. The fraction of sp³-hybridized carbons (Fsp3) is 1.00. The van der Waals surface area contributed by atoms with Crippen LogP contribution in [0, 0.1) is 0 Å². The molecule has 0 fully saturated rings. The van der Waals surface area contributed by atoms with E-state index in [0.717, 1.165) is 37.8 Å². The third-order valence-corrected chi connectivity index (χ3v) is 10.1. The Morgan fingerprint density at radius 3 is 1.36 bits per heavy atom. The lowest BCUT2D eigenvalue weighted by molar-refractivity contribution is 0.122. The molecule has 0 aromatic heterocycles. The van der Waals surface area contributed by atoms with Crippen molar-refractivity contribution in [1.82, 2.24) is 0 Å². The van der Waals surface area contributed by atoms with E-state index in [9.17, 15) is 5.11 Å². The number of hydrogen-bond donors (Lipinski definition) is 1. The predicted octanol–water partition coefficient (Wildman–Crippen LogP) is 2.47. The number of rotatable bonds is 15. The lowest BCUT2D eigenvalue weighted by Crippen LogP contribution is -2.44. The molecule has 0 atom stereocenters. The second-order valence-corrected chi connectivity index (χ2v) is 11.9. The van der Waals surface area contributed by atoms with Crippen LogP contribution in [0.25, 0.3) is 0 Å². The highest BCUT2D eigenvalue weighted by Gasteiger charge is 2.36. The topological polar surface area (TPSA) is 66.4 Å². The van der Waals surface area contributed by atoms with Crippen molar-refractivity contribution in [3.05, 3.63) is 0 Å². The Labute approximate surface area is 137 Å². The smallest absolute Gasteiger partial charge is 0.396 e. The summed E-state index contributed by atoms with van der Waals surface area (Å²) in [6.45, 7) is 0. The lowest BCUT2D eigenvalue weighted by atomic mass is 10.1. The third-order valence-electron chi connectivity index (χ3n) is 4.21. The zero-order valence-corrected chi connectivity index (χ0v) is 16.9. The lowest BCUT2D eigenvalue weighted by Gasteiger charge is -2.25. The molecule has 0 aliphatic heterocycles. The van der Waals surface area contributed by atoms with Crippen molar-refractivity contribution in [1.29, 1.82) is 0 Å². The second kappa shape index (κ2) is 12.6. The molecule has 0 saturated heterocycles. The highest BCUT2D eigenvalue weighted by atomic mass is 28.4. The molecule has 8 heteroatoms. The van der Waals surface area contributed by atoms with E-state index in [4.69, 9.17) is 22.1 Å². The summed E-state index contributed by atoms with van der Waals surface area (Å²) in [5, 5.41) is 9.38. The van der Waals surface area contributed by atoms with Gasteiger partial charge in [0.15, 0.2) is 0 Å². The van der Waals surface area contributed by atoms with Crippen molar-refractivity contribution in [2.24, 2.45) is 0 Å². The zero-order chi connectivity index (χ0) is 16.9. The quantitative estimate of drug-likeness (QED) is 0.360. The summed E-state index contributed by atoms with van der Waals surface area (Å²) < 4.78 is 27.0. The third kappa shape index (κ3) is 7.65. The van der Waals surface area contributed by atoms with Gasteiger partial charge in [-0.25, -0.2) is 0 Å². The summed E-state index contributed by atoms with van der Waals surface area (Å²) >= 11 is 0. The van der Waals surface area contributed by atoms with Gasteiger partial charge in [0.05, 0.1) is 6.23 Å². The van der Waals surface area contributed by atoms with Crippen LogP contribution in [0.1, 0.15) is 38.5 Å². The van der Waals surface area contributed by atoms with E-state index >= 15 is 0 Å². The summed E-state index contributed by atoms with van der Waals surface area (Å²) in [5.74, 6) is 0. The van der Waals surface area contributed by atoms with Crippen molar-refractivity contribution in [3.63, 3.8) is 0 Å². The molecule has 0 aliphatic carbocycles. The van der Waals surface area contributed by atoms with Gasteiger partial charge in [-0.05, 0) is 12.5 Å². The minimum Gasteiger partial charge on any atom is -0.396 e. The minimum absolute atomic E-state index is 0.0256. The van der Waals surface area contributed by atoms with Gasteiger partial charge in [-0.15, -0.1) is 0 Å². The summed E-state index contributed by atoms with van der Waals surface area (Å²) in [7, 11) is 3.51. The Morgan fingerprint density at radius 2 is 1.00 bits per heavy atom. The fourth-order valence-electron chi connectivity index (χ4n) is 2.49. The number of aliphatic hydroxyl groups is 1. The van der Waals surface area contributed by atoms with Gasteiger partial charge in [0, 0.05) is 41.6 Å². The Balaban J connectivity index is 3.70. The molecule has 0 heterocycles. The van der Waals surface area contributed by atoms with E-state index in [-0.39, 0.29) is 6.23 Å². The van der Waals surface area contributed by atoms with E-state index in [1.165, 1.54) is 12.8 Å². The van der Waals surface area contributed by atoms with Crippen molar-refractivity contribution in [3.8, 4) is 0 Å². The van der Waals surface area contributed by atoms with Gasteiger partial charge in [0.25, 0.3) is 0 Å². The average molecular weight is 355 g/mol. The first-order valence-corrected chi connectivity index (χ1v) is 12.1. The van der Waals surface area contributed by atoms with Gasteiger partial charge >= 0.3 is 17.4 Å². The number of aliphatic hydroxyl groups excluding tert-OH is 1. The normalized spacial score (nSPS) is 12.8. The van der Waals surface area contributed by atoms with Gasteiger partial charge in [0.2, 0.25) is 0 Å². The molecule has 0 bridgehead atoms. The average Bonchev–Trinajstić information content (AvgIpc) is 2.58. The molecule has 22 heavy (non-hydrogen) atoms. The molecule has 1 N–H and O–H groups in total. The van der Waals surface area contributed by atoms with E-state index in [1.807, 2.05) is 0 Å². The van der Waals surface area contributed by atoms with Crippen LogP contribution in [0.2, 0.25) is 12.1 Å². The van der Waals surface area contributed by atoms with E-state index in [1.54, 1.807) is 35.5 Å². The molecular weight excluding hydrogens is 320 g/mol. The van der Waals surface area contributed by atoms with Gasteiger partial charge in [0.1, 0.15) is 0 Å². The number of hydrogen-bond acceptors (Lipinski definition) is 6. The molecule has 0 aliphatic rings. The Bertz CT molecular complexity index is 217. The van der Waals surface area contributed by atoms with Gasteiger partial charge < -0.3 is 27.2 Å². The zero-order valence-electron chi connectivity index (χ0n) is 14.9. The van der Waals surface area contributed by atoms with Crippen LogP contribution >= 0.6 is 0 Å². The van der Waals surface area contributed by atoms with E-state index in [2.05, 4.69) is 0 Å². The van der Waals surface area contributed by atoms with Crippen molar-refractivity contribution < 1.29 is 27.2 Å². The molecule has 0 amide bonds. The molecule has 134 valence electrons. The van der Waals surface area contributed by atoms with Crippen molar-refractivity contribution in [2.45, 2.75) is 50.6 Å². The standard InChI is InChI=1S/C14H34O6Si2/c1-16-21(14-15,17-2)12-10-8-6-7-9-11-13-22(18-3,19-4)20-5/h15H,6-14H2,1-5H3. The molecule has 0 spiro atoms. The fourth-order valence-corrected chi connectivity index (χ4v) is 6.07. The molecule has 6 nitrogen and oxygen atoms in total. The van der Waals surface area contributed by atoms with E-state index < -0.39 is 17.4 Å². The predicted molar refractivity (Wildman–Crippen MR) is 91.0 cm³/mol. The maximum atomic E-state index is 9.38. The highest BCUT2D eigenvalue weighted by molar-refractivity contribution is 6.67. The second-order valence-electron chi connectivity index (χ2n) is 5.39. The van der Waals surface area contributed by atoms with Gasteiger partial charge in [-0.3, -0.25) is 0 Å². The maximum Gasteiger partial charge on any atom is 0.500 e. The first kappa shape index (κ1) is 22.2. The van der Waals surface area contributed by atoms with Crippen LogP contribution in [0.3, 0.4) is 0 Å². The van der Waals surface area contributed by atoms with E-state index in [0.29, 0.717) is 0 Å².